The summed E-state index contributed by atoms with van der Waals surface area (Å²) in [6, 6.07) is 16.1. The van der Waals surface area contributed by atoms with Crippen LogP contribution >= 0.6 is 22.6 Å². The molecule has 1 amide bonds. The Kier molecular flexibility index (Phi) is 4.14. The monoisotopic (exact) mass is 392 g/mol. The fourth-order valence-corrected chi connectivity index (χ4v) is 3.00. The SMILES string of the molecule is CN1CCN(C(=O)c2ccc(I)cc2)Cc2ccccc21. The fraction of sp³-hybridized carbons (Fsp3) is 0.235. The Morgan fingerprint density at radius 2 is 1.76 bits per heavy atom. The number of carbonyl (C=O) groups is 1. The molecule has 21 heavy (non-hydrogen) atoms. The van der Waals surface area contributed by atoms with Crippen molar-refractivity contribution in [3.63, 3.8) is 0 Å². The topological polar surface area (TPSA) is 23.6 Å². The van der Waals surface area contributed by atoms with Gasteiger partial charge in [-0.2, -0.15) is 0 Å². The van der Waals surface area contributed by atoms with Crippen molar-refractivity contribution in [1.82, 2.24) is 4.90 Å². The first kappa shape index (κ1) is 14.4. The summed E-state index contributed by atoms with van der Waals surface area (Å²) in [5, 5.41) is 0. The van der Waals surface area contributed by atoms with Crippen molar-refractivity contribution in [2.24, 2.45) is 0 Å². The van der Waals surface area contributed by atoms with Gasteiger partial charge in [-0.1, -0.05) is 18.2 Å². The molecule has 0 spiro atoms. The summed E-state index contributed by atoms with van der Waals surface area (Å²) in [5.74, 6) is 0.108. The van der Waals surface area contributed by atoms with E-state index in [1.165, 1.54) is 11.3 Å². The Morgan fingerprint density at radius 1 is 1.05 bits per heavy atom. The summed E-state index contributed by atoms with van der Waals surface area (Å²) < 4.78 is 1.14. The minimum absolute atomic E-state index is 0.108. The van der Waals surface area contributed by atoms with Crippen LogP contribution in [0.15, 0.2) is 48.5 Å². The summed E-state index contributed by atoms with van der Waals surface area (Å²) in [6.45, 7) is 2.27. The number of halogens is 1. The molecule has 108 valence electrons. The number of hydrogen-bond donors (Lipinski definition) is 0. The second-order valence-electron chi connectivity index (χ2n) is 5.28. The summed E-state index contributed by atoms with van der Waals surface area (Å²) >= 11 is 2.25. The molecule has 0 unspecified atom stereocenters. The molecule has 0 aromatic heterocycles. The van der Waals surface area contributed by atoms with Gasteiger partial charge in [0.15, 0.2) is 0 Å². The molecule has 1 aliphatic rings. The molecule has 0 saturated heterocycles. The molecule has 2 aromatic rings. The van der Waals surface area contributed by atoms with Gasteiger partial charge in [0, 0.05) is 41.5 Å². The van der Waals surface area contributed by atoms with Gasteiger partial charge in [0.2, 0.25) is 0 Å². The minimum atomic E-state index is 0.108. The number of para-hydroxylation sites is 1. The van der Waals surface area contributed by atoms with E-state index in [0.29, 0.717) is 6.54 Å². The van der Waals surface area contributed by atoms with Gasteiger partial charge in [-0.25, -0.2) is 0 Å². The van der Waals surface area contributed by atoms with Crippen LogP contribution < -0.4 is 4.90 Å². The van der Waals surface area contributed by atoms with E-state index < -0.39 is 0 Å². The van der Waals surface area contributed by atoms with Crippen LogP contribution in [-0.4, -0.2) is 30.9 Å². The lowest BCUT2D eigenvalue weighted by molar-refractivity contribution is 0.0752. The average molecular weight is 392 g/mol. The molecule has 0 saturated carbocycles. The summed E-state index contributed by atoms with van der Waals surface area (Å²) in [5.41, 5.74) is 3.18. The largest absolute Gasteiger partial charge is 0.373 e. The number of nitrogens with zero attached hydrogens (tertiary/aromatic N) is 2. The van der Waals surface area contributed by atoms with Crippen LogP contribution in [0, 0.1) is 3.57 Å². The predicted octanol–water partition coefficient (Wildman–Crippen LogP) is 3.38. The molecule has 3 rings (SSSR count). The lowest BCUT2D eigenvalue weighted by atomic mass is 10.1. The Bertz CT molecular complexity index is 654. The number of carbonyl (C=O) groups excluding carboxylic acids is 1. The number of hydrogen-bond acceptors (Lipinski definition) is 2. The number of rotatable bonds is 1. The van der Waals surface area contributed by atoms with Crippen molar-refractivity contribution < 1.29 is 4.79 Å². The highest BCUT2D eigenvalue weighted by atomic mass is 127. The summed E-state index contributed by atoms with van der Waals surface area (Å²) in [7, 11) is 2.08. The predicted molar refractivity (Wildman–Crippen MR) is 93.6 cm³/mol. The van der Waals surface area contributed by atoms with Crippen molar-refractivity contribution in [1.29, 1.82) is 0 Å². The van der Waals surface area contributed by atoms with Gasteiger partial charge in [0.05, 0.1) is 0 Å². The van der Waals surface area contributed by atoms with Gasteiger partial charge in [0.1, 0.15) is 0 Å². The molecular formula is C17H17IN2O. The molecule has 0 N–H and O–H groups in total. The van der Waals surface area contributed by atoms with Gasteiger partial charge < -0.3 is 9.80 Å². The summed E-state index contributed by atoms with van der Waals surface area (Å²) in [6.07, 6.45) is 0. The molecule has 0 atom stereocenters. The third kappa shape index (κ3) is 3.05. The third-order valence-corrected chi connectivity index (χ3v) is 4.57. The quantitative estimate of drug-likeness (QED) is 0.695. The molecule has 0 aliphatic carbocycles. The zero-order valence-electron chi connectivity index (χ0n) is 11.9. The van der Waals surface area contributed by atoms with Crippen molar-refractivity contribution >= 4 is 34.2 Å². The lowest BCUT2D eigenvalue weighted by Crippen LogP contribution is -2.34. The third-order valence-electron chi connectivity index (χ3n) is 3.85. The number of anilines is 1. The van der Waals surface area contributed by atoms with Crippen LogP contribution in [0.5, 0.6) is 0 Å². The van der Waals surface area contributed by atoms with E-state index >= 15 is 0 Å². The highest BCUT2D eigenvalue weighted by Crippen LogP contribution is 2.24. The van der Waals surface area contributed by atoms with Gasteiger partial charge in [0.25, 0.3) is 5.91 Å². The second-order valence-corrected chi connectivity index (χ2v) is 6.53. The van der Waals surface area contributed by atoms with Gasteiger partial charge in [-0.05, 0) is 58.5 Å². The van der Waals surface area contributed by atoms with Crippen LogP contribution in [0.2, 0.25) is 0 Å². The first-order valence-corrected chi connectivity index (χ1v) is 8.07. The van der Waals surface area contributed by atoms with Gasteiger partial charge >= 0.3 is 0 Å². The minimum Gasteiger partial charge on any atom is -0.373 e. The van der Waals surface area contributed by atoms with Crippen LogP contribution in [0.4, 0.5) is 5.69 Å². The first-order chi connectivity index (χ1) is 10.1. The van der Waals surface area contributed by atoms with E-state index in [0.717, 1.165) is 22.2 Å². The number of amides is 1. The standard InChI is InChI=1S/C17H17IN2O/c1-19-10-11-20(12-14-4-2-3-5-16(14)19)17(21)13-6-8-15(18)9-7-13/h2-9H,10-12H2,1H3. The van der Waals surface area contributed by atoms with E-state index in [4.69, 9.17) is 0 Å². The smallest absolute Gasteiger partial charge is 0.254 e. The van der Waals surface area contributed by atoms with Crippen LogP contribution in [-0.2, 0) is 6.54 Å². The van der Waals surface area contributed by atoms with E-state index in [-0.39, 0.29) is 5.91 Å². The molecule has 0 radical (unpaired) electrons. The molecule has 1 aliphatic heterocycles. The normalized spacial score (nSPS) is 14.6. The van der Waals surface area contributed by atoms with Crippen LogP contribution in [0.3, 0.4) is 0 Å². The fourth-order valence-electron chi connectivity index (χ4n) is 2.64. The highest BCUT2D eigenvalue weighted by Gasteiger charge is 2.21. The molecule has 3 nitrogen and oxygen atoms in total. The number of fused-ring (bicyclic) bond motifs is 1. The maximum absolute atomic E-state index is 12.7. The van der Waals surface area contributed by atoms with E-state index in [9.17, 15) is 4.79 Å². The van der Waals surface area contributed by atoms with Gasteiger partial charge in [-0.3, -0.25) is 4.79 Å². The Hall–Kier alpha value is -1.56. The van der Waals surface area contributed by atoms with Crippen molar-refractivity contribution in [2.45, 2.75) is 6.54 Å². The Morgan fingerprint density at radius 3 is 2.52 bits per heavy atom. The maximum atomic E-state index is 12.7. The molecule has 0 bridgehead atoms. The van der Waals surface area contributed by atoms with Crippen LogP contribution in [0.25, 0.3) is 0 Å². The first-order valence-electron chi connectivity index (χ1n) is 6.99. The molecular weight excluding hydrogens is 375 g/mol. The average Bonchev–Trinajstić information content (AvgIpc) is 2.67. The number of benzene rings is 2. The zero-order valence-corrected chi connectivity index (χ0v) is 14.1. The maximum Gasteiger partial charge on any atom is 0.254 e. The number of likely N-dealkylation sites (N-methyl/N-ethyl adjacent to an activating group) is 1. The lowest BCUT2D eigenvalue weighted by Gasteiger charge is -2.21. The Balaban J connectivity index is 1.87. The molecule has 1 heterocycles. The Labute approximate surface area is 138 Å². The molecule has 4 heteroatoms. The molecule has 2 aromatic carbocycles. The summed E-state index contributed by atoms with van der Waals surface area (Å²) in [4.78, 5) is 16.8. The molecule has 0 fully saturated rings. The van der Waals surface area contributed by atoms with E-state index in [2.05, 4.69) is 46.7 Å². The van der Waals surface area contributed by atoms with Gasteiger partial charge in [-0.15, -0.1) is 0 Å². The van der Waals surface area contributed by atoms with E-state index in [1.807, 2.05) is 41.3 Å². The zero-order chi connectivity index (χ0) is 14.8. The second kappa shape index (κ2) is 6.05. The van der Waals surface area contributed by atoms with Crippen LogP contribution in [0.1, 0.15) is 15.9 Å². The van der Waals surface area contributed by atoms with Crippen molar-refractivity contribution in [3.05, 3.63) is 63.2 Å². The van der Waals surface area contributed by atoms with Crippen molar-refractivity contribution in [3.8, 4) is 0 Å². The highest BCUT2D eigenvalue weighted by molar-refractivity contribution is 14.1. The van der Waals surface area contributed by atoms with E-state index in [1.54, 1.807) is 0 Å². The van der Waals surface area contributed by atoms with Crippen molar-refractivity contribution in [2.75, 3.05) is 25.0 Å².